The summed E-state index contributed by atoms with van der Waals surface area (Å²) in [7, 11) is 0. The molecule has 0 saturated heterocycles. The van der Waals surface area contributed by atoms with Crippen LogP contribution in [0, 0.1) is 0 Å². The smallest absolute Gasteiger partial charge is 0.326 e. The van der Waals surface area contributed by atoms with Crippen molar-refractivity contribution in [2.45, 2.75) is 18.9 Å². The zero-order chi connectivity index (χ0) is 15.1. The summed E-state index contributed by atoms with van der Waals surface area (Å²) in [6, 6.07) is 17.6. The first-order valence-corrected chi connectivity index (χ1v) is 6.75. The minimum absolute atomic E-state index is 0.180. The molecule has 0 spiro atoms. The molecule has 2 rings (SSSR count). The fourth-order valence-electron chi connectivity index (χ4n) is 2.08. The average Bonchev–Trinajstić information content (AvgIpc) is 2.48. The van der Waals surface area contributed by atoms with Crippen LogP contribution in [-0.2, 0) is 22.4 Å². The van der Waals surface area contributed by atoms with E-state index in [1.54, 1.807) is 0 Å². The molecule has 21 heavy (non-hydrogen) atoms. The van der Waals surface area contributed by atoms with Crippen LogP contribution in [0.1, 0.15) is 11.1 Å². The molecule has 1 amide bonds. The lowest BCUT2D eigenvalue weighted by atomic mass is 10.1. The predicted molar refractivity (Wildman–Crippen MR) is 79.9 cm³/mol. The van der Waals surface area contributed by atoms with E-state index in [1.165, 1.54) is 0 Å². The van der Waals surface area contributed by atoms with Crippen LogP contribution in [0.25, 0.3) is 0 Å². The van der Waals surface area contributed by atoms with Gasteiger partial charge in [0.05, 0.1) is 6.42 Å². The maximum absolute atomic E-state index is 11.9. The number of aliphatic carboxylic acids is 1. The van der Waals surface area contributed by atoms with Crippen molar-refractivity contribution in [2.75, 3.05) is 0 Å². The van der Waals surface area contributed by atoms with Crippen LogP contribution in [0.5, 0.6) is 0 Å². The van der Waals surface area contributed by atoms with E-state index in [1.807, 2.05) is 60.7 Å². The first-order chi connectivity index (χ1) is 10.1. The molecule has 2 aromatic rings. The highest BCUT2D eigenvalue weighted by Crippen LogP contribution is 2.05. The summed E-state index contributed by atoms with van der Waals surface area (Å²) < 4.78 is 0. The van der Waals surface area contributed by atoms with Crippen LogP contribution >= 0.6 is 0 Å². The van der Waals surface area contributed by atoms with E-state index in [0.717, 1.165) is 11.1 Å². The Labute approximate surface area is 123 Å². The number of carbonyl (C=O) groups excluding carboxylic acids is 1. The summed E-state index contributed by atoms with van der Waals surface area (Å²) in [4.78, 5) is 23.2. The molecule has 0 bridgehead atoms. The number of carbonyl (C=O) groups is 2. The van der Waals surface area contributed by atoms with Gasteiger partial charge in [-0.1, -0.05) is 60.7 Å². The molecule has 0 unspecified atom stereocenters. The molecule has 0 radical (unpaired) electrons. The molecule has 0 aliphatic carbocycles. The molecule has 0 fully saturated rings. The van der Waals surface area contributed by atoms with Gasteiger partial charge in [0, 0.05) is 6.42 Å². The van der Waals surface area contributed by atoms with Crippen LogP contribution in [0.15, 0.2) is 60.7 Å². The Kier molecular flexibility index (Phi) is 5.10. The monoisotopic (exact) mass is 283 g/mol. The van der Waals surface area contributed by atoms with Crippen LogP contribution < -0.4 is 5.32 Å². The van der Waals surface area contributed by atoms with E-state index in [9.17, 15) is 14.7 Å². The van der Waals surface area contributed by atoms with Crippen molar-refractivity contribution in [3.05, 3.63) is 71.8 Å². The molecule has 108 valence electrons. The Morgan fingerprint density at radius 2 is 1.43 bits per heavy atom. The summed E-state index contributed by atoms with van der Waals surface area (Å²) >= 11 is 0. The second-order valence-electron chi connectivity index (χ2n) is 4.81. The Hall–Kier alpha value is -2.62. The molecule has 1 atom stereocenters. The molecule has 0 heterocycles. The topological polar surface area (TPSA) is 66.4 Å². The number of carboxylic acid groups (broad SMARTS) is 1. The van der Waals surface area contributed by atoms with E-state index in [2.05, 4.69) is 5.32 Å². The van der Waals surface area contributed by atoms with Crippen LogP contribution in [-0.4, -0.2) is 23.0 Å². The standard InChI is InChI=1S/C17H17NO3/c19-16(12-14-9-5-2-6-10-14)18-15(17(20)21)11-13-7-3-1-4-8-13/h1-10,15H,11-12H2,(H,18,19)(H,20,21)/t15-/m0/s1. The lowest BCUT2D eigenvalue weighted by Gasteiger charge is -2.14. The molecular formula is C17H17NO3. The molecule has 0 aromatic heterocycles. The highest BCUT2D eigenvalue weighted by molar-refractivity contribution is 5.85. The SMILES string of the molecule is O=C(Cc1ccccc1)N[C@@H](Cc1ccccc1)C(=O)O. The van der Waals surface area contributed by atoms with E-state index in [0.29, 0.717) is 0 Å². The third-order valence-electron chi connectivity index (χ3n) is 3.12. The second-order valence-corrected chi connectivity index (χ2v) is 4.81. The van der Waals surface area contributed by atoms with E-state index >= 15 is 0 Å². The van der Waals surface area contributed by atoms with Gasteiger partial charge in [-0.2, -0.15) is 0 Å². The molecular weight excluding hydrogens is 266 g/mol. The number of rotatable bonds is 6. The van der Waals surface area contributed by atoms with Crippen molar-refractivity contribution in [2.24, 2.45) is 0 Å². The van der Waals surface area contributed by atoms with Crippen molar-refractivity contribution >= 4 is 11.9 Å². The van der Waals surface area contributed by atoms with Crippen molar-refractivity contribution < 1.29 is 14.7 Å². The van der Waals surface area contributed by atoms with Crippen molar-refractivity contribution in [1.29, 1.82) is 0 Å². The van der Waals surface area contributed by atoms with Crippen molar-refractivity contribution in [3.63, 3.8) is 0 Å². The molecule has 0 aliphatic heterocycles. The number of hydrogen-bond donors (Lipinski definition) is 2. The Morgan fingerprint density at radius 1 is 0.905 bits per heavy atom. The maximum atomic E-state index is 11.9. The third-order valence-corrected chi connectivity index (χ3v) is 3.12. The Morgan fingerprint density at radius 3 is 1.95 bits per heavy atom. The molecule has 0 saturated carbocycles. The highest BCUT2D eigenvalue weighted by atomic mass is 16.4. The summed E-state index contributed by atoms with van der Waals surface area (Å²) in [6.45, 7) is 0. The van der Waals surface area contributed by atoms with Crippen molar-refractivity contribution in [1.82, 2.24) is 5.32 Å². The lowest BCUT2D eigenvalue weighted by Crippen LogP contribution is -2.43. The molecule has 0 aliphatic rings. The highest BCUT2D eigenvalue weighted by Gasteiger charge is 2.20. The summed E-state index contributed by atoms with van der Waals surface area (Å²) in [5.74, 6) is -1.32. The van der Waals surface area contributed by atoms with Gasteiger partial charge in [-0.15, -0.1) is 0 Å². The fourth-order valence-corrected chi connectivity index (χ4v) is 2.08. The third kappa shape index (κ3) is 4.76. The quantitative estimate of drug-likeness (QED) is 0.852. The van der Waals surface area contributed by atoms with Crippen molar-refractivity contribution in [3.8, 4) is 0 Å². The molecule has 2 aromatic carbocycles. The first-order valence-electron chi connectivity index (χ1n) is 6.75. The van der Waals surface area contributed by atoms with Gasteiger partial charge in [0.2, 0.25) is 5.91 Å². The fraction of sp³-hybridized carbons (Fsp3) is 0.176. The zero-order valence-electron chi connectivity index (χ0n) is 11.5. The van der Waals surface area contributed by atoms with Crippen LogP contribution in [0.2, 0.25) is 0 Å². The molecule has 2 N–H and O–H groups in total. The average molecular weight is 283 g/mol. The van der Waals surface area contributed by atoms with E-state index in [-0.39, 0.29) is 18.7 Å². The largest absolute Gasteiger partial charge is 0.480 e. The summed E-state index contributed by atoms with van der Waals surface area (Å²) in [5, 5.41) is 11.8. The number of amides is 1. The normalized spacial score (nSPS) is 11.6. The summed E-state index contributed by atoms with van der Waals surface area (Å²) in [5.41, 5.74) is 1.74. The van der Waals surface area contributed by atoms with E-state index < -0.39 is 12.0 Å². The van der Waals surface area contributed by atoms with Gasteiger partial charge < -0.3 is 10.4 Å². The Bertz CT molecular complexity index is 596. The van der Waals surface area contributed by atoms with Gasteiger partial charge in [0.1, 0.15) is 6.04 Å². The maximum Gasteiger partial charge on any atom is 0.326 e. The number of benzene rings is 2. The van der Waals surface area contributed by atoms with Gasteiger partial charge in [-0.05, 0) is 11.1 Å². The van der Waals surface area contributed by atoms with Gasteiger partial charge >= 0.3 is 5.97 Å². The minimum atomic E-state index is -1.03. The molecule has 4 nitrogen and oxygen atoms in total. The minimum Gasteiger partial charge on any atom is -0.480 e. The zero-order valence-corrected chi connectivity index (χ0v) is 11.5. The number of nitrogens with one attached hydrogen (secondary N) is 1. The lowest BCUT2D eigenvalue weighted by molar-refractivity contribution is -0.141. The first kappa shape index (κ1) is 14.8. The van der Waals surface area contributed by atoms with Crippen LogP contribution in [0.4, 0.5) is 0 Å². The van der Waals surface area contributed by atoms with Gasteiger partial charge in [0.25, 0.3) is 0 Å². The second kappa shape index (κ2) is 7.24. The number of hydrogen-bond acceptors (Lipinski definition) is 2. The van der Waals surface area contributed by atoms with Gasteiger partial charge in [-0.25, -0.2) is 4.79 Å². The predicted octanol–water partition coefficient (Wildman–Crippen LogP) is 2.04. The molecule has 4 heteroatoms. The number of carboxylic acids is 1. The van der Waals surface area contributed by atoms with E-state index in [4.69, 9.17) is 0 Å². The Balaban J connectivity index is 1.96. The van der Waals surface area contributed by atoms with Gasteiger partial charge in [0.15, 0.2) is 0 Å². The van der Waals surface area contributed by atoms with Gasteiger partial charge in [-0.3, -0.25) is 4.79 Å². The van der Waals surface area contributed by atoms with Crippen LogP contribution in [0.3, 0.4) is 0 Å². The summed E-state index contributed by atoms with van der Waals surface area (Å²) in [6.07, 6.45) is 0.454.